The predicted octanol–water partition coefficient (Wildman–Crippen LogP) is 0.993. The molecule has 1 unspecified atom stereocenters. The Hall–Kier alpha value is -3.36. The number of hydrogen-bond donors (Lipinski definition) is 1. The maximum atomic E-state index is 11.4. The zero-order chi connectivity index (χ0) is 19.1. The minimum absolute atomic E-state index is 0.00913. The lowest BCUT2D eigenvalue weighted by molar-refractivity contribution is -0.117. The SMILES string of the molecule is NC(=O)Cc1nc(C2CCn3nccc3C2)n(-c2ccc3c(c2)OCCO3)n1. The summed E-state index contributed by atoms with van der Waals surface area (Å²) in [6.45, 7) is 1.88. The molecule has 0 aliphatic carbocycles. The van der Waals surface area contributed by atoms with E-state index in [1.54, 1.807) is 4.68 Å². The van der Waals surface area contributed by atoms with Crippen LogP contribution in [-0.4, -0.2) is 43.7 Å². The Kier molecular flexibility index (Phi) is 4.00. The molecule has 0 fully saturated rings. The van der Waals surface area contributed by atoms with Crippen LogP contribution < -0.4 is 15.2 Å². The van der Waals surface area contributed by atoms with Gasteiger partial charge >= 0.3 is 0 Å². The van der Waals surface area contributed by atoms with E-state index in [0.29, 0.717) is 24.8 Å². The molecule has 1 amide bonds. The van der Waals surface area contributed by atoms with Gasteiger partial charge in [-0.25, -0.2) is 9.67 Å². The van der Waals surface area contributed by atoms with E-state index >= 15 is 0 Å². The number of hydrogen-bond acceptors (Lipinski definition) is 6. The third-order valence-electron chi connectivity index (χ3n) is 5.09. The number of amides is 1. The number of rotatable bonds is 4. The summed E-state index contributed by atoms with van der Waals surface area (Å²) in [5, 5.41) is 8.91. The molecule has 1 atom stereocenters. The first-order valence-corrected chi connectivity index (χ1v) is 9.32. The van der Waals surface area contributed by atoms with Crippen LogP contribution in [0.2, 0.25) is 0 Å². The van der Waals surface area contributed by atoms with Gasteiger partial charge in [0.25, 0.3) is 0 Å². The summed E-state index contributed by atoms with van der Waals surface area (Å²) >= 11 is 0. The normalized spacial score (nSPS) is 17.9. The summed E-state index contributed by atoms with van der Waals surface area (Å²) in [5.41, 5.74) is 7.36. The summed E-state index contributed by atoms with van der Waals surface area (Å²) in [6, 6.07) is 7.72. The molecule has 144 valence electrons. The van der Waals surface area contributed by atoms with Crippen molar-refractivity contribution in [1.29, 1.82) is 0 Å². The van der Waals surface area contributed by atoms with Gasteiger partial charge in [-0.3, -0.25) is 9.48 Å². The van der Waals surface area contributed by atoms with Crippen LogP contribution in [0.25, 0.3) is 5.69 Å². The van der Waals surface area contributed by atoms with Crippen LogP contribution in [0.3, 0.4) is 0 Å². The first-order chi connectivity index (χ1) is 13.7. The van der Waals surface area contributed by atoms with Crippen molar-refractivity contribution in [3.8, 4) is 17.2 Å². The molecule has 0 saturated heterocycles. The van der Waals surface area contributed by atoms with E-state index in [9.17, 15) is 4.79 Å². The van der Waals surface area contributed by atoms with Gasteiger partial charge in [-0.2, -0.15) is 10.2 Å². The molecule has 2 aromatic heterocycles. The van der Waals surface area contributed by atoms with E-state index in [-0.39, 0.29) is 12.3 Å². The smallest absolute Gasteiger partial charge is 0.225 e. The summed E-state index contributed by atoms with van der Waals surface area (Å²) in [5.74, 6) is 2.37. The van der Waals surface area contributed by atoms with Crippen molar-refractivity contribution in [2.45, 2.75) is 31.7 Å². The molecular formula is C19H20N6O3. The van der Waals surface area contributed by atoms with Crippen LogP contribution in [0.4, 0.5) is 0 Å². The lowest BCUT2D eigenvalue weighted by Gasteiger charge is -2.23. The second-order valence-electron chi connectivity index (χ2n) is 7.00. The number of ether oxygens (including phenoxy) is 2. The number of nitrogens with two attached hydrogens (primary N) is 1. The second-order valence-corrected chi connectivity index (χ2v) is 7.00. The number of primary amides is 1. The molecule has 9 heteroatoms. The highest BCUT2D eigenvalue weighted by atomic mass is 16.6. The number of nitrogens with zero attached hydrogens (tertiary/aromatic N) is 5. The Balaban J connectivity index is 1.55. The Morgan fingerprint density at radius 1 is 1.21 bits per heavy atom. The molecule has 2 N–H and O–H groups in total. The van der Waals surface area contributed by atoms with Crippen LogP contribution in [-0.2, 0) is 24.2 Å². The van der Waals surface area contributed by atoms with E-state index in [1.807, 2.05) is 35.1 Å². The fraction of sp³-hybridized carbons (Fsp3) is 0.368. The average molecular weight is 380 g/mol. The third-order valence-corrected chi connectivity index (χ3v) is 5.09. The molecule has 0 saturated carbocycles. The Labute approximate surface area is 161 Å². The number of aromatic nitrogens is 5. The van der Waals surface area contributed by atoms with Crippen molar-refractivity contribution in [3.05, 3.63) is 47.8 Å². The minimum Gasteiger partial charge on any atom is -0.486 e. The molecule has 9 nitrogen and oxygen atoms in total. The number of carbonyl (C=O) groups is 1. The number of fused-ring (bicyclic) bond motifs is 2. The number of aryl methyl sites for hydroxylation is 1. The fourth-order valence-corrected chi connectivity index (χ4v) is 3.81. The van der Waals surface area contributed by atoms with Gasteiger partial charge < -0.3 is 15.2 Å². The molecule has 2 aliphatic heterocycles. The van der Waals surface area contributed by atoms with E-state index < -0.39 is 5.91 Å². The van der Waals surface area contributed by atoms with Gasteiger partial charge in [-0.05, 0) is 31.0 Å². The van der Waals surface area contributed by atoms with E-state index in [4.69, 9.17) is 15.2 Å². The van der Waals surface area contributed by atoms with Crippen LogP contribution in [0.1, 0.15) is 29.7 Å². The van der Waals surface area contributed by atoms with Crippen molar-refractivity contribution >= 4 is 5.91 Å². The molecular weight excluding hydrogens is 360 g/mol. The van der Waals surface area contributed by atoms with Crippen LogP contribution in [0, 0.1) is 0 Å². The second kappa shape index (κ2) is 6.66. The maximum absolute atomic E-state index is 11.4. The minimum atomic E-state index is -0.451. The van der Waals surface area contributed by atoms with Crippen molar-refractivity contribution in [2.75, 3.05) is 13.2 Å². The number of benzene rings is 1. The molecule has 28 heavy (non-hydrogen) atoms. The summed E-state index contributed by atoms with van der Waals surface area (Å²) < 4.78 is 15.1. The highest BCUT2D eigenvalue weighted by Crippen LogP contribution is 2.34. The van der Waals surface area contributed by atoms with Crippen LogP contribution >= 0.6 is 0 Å². The Morgan fingerprint density at radius 2 is 2.07 bits per heavy atom. The standard InChI is InChI=1S/C19H20N6O3/c20-17(26)11-18-22-19(12-4-6-24-13(9-12)3-5-21-24)25(23-18)14-1-2-15-16(10-14)28-8-7-27-15/h1-3,5,10,12H,4,6-9,11H2,(H2,20,26). The third kappa shape index (κ3) is 2.98. The summed E-state index contributed by atoms with van der Waals surface area (Å²) in [7, 11) is 0. The van der Waals surface area contributed by atoms with Crippen molar-refractivity contribution in [2.24, 2.45) is 5.73 Å². The molecule has 2 aliphatic rings. The van der Waals surface area contributed by atoms with E-state index in [1.165, 1.54) is 5.69 Å². The van der Waals surface area contributed by atoms with Gasteiger partial charge in [-0.1, -0.05) is 0 Å². The monoisotopic (exact) mass is 380 g/mol. The molecule has 3 aromatic rings. The first kappa shape index (κ1) is 16.8. The zero-order valence-corrected chi connectivity index (χ0v) is 15.2. The van der Waals surface area contributed by atoms with Gasteiger partial charge in [0.05, 0.1) is 12.1 Å². The Bertz CT molecular complexity index is 1040. The van der Waals surface area contributed by atoms with Gasteiger partial charge in [0.1, 0.15) is 19.0 Å². The number of carbonyl (C=O) groups excluding carboxylic acids is 1. The molecule has 4 heterocycles. The molecule has 0 bridgehead atoms. The summed E-state index contributed by atoms with van der Waals surface area (Å²) in [4.78, 5) is 16.1. The molecule has 0 radical (unpaired) electrons. The van der Waals surface area contributed by atoms with Crippen molar-refractivity contribution < 1.29 is 14.3 Å². The van der Waals surface area contributed by atoms with Gasteiger partial charge in [0.15, 0.2) is 17.3 Å². The van der Waals surface area contributed by atoms with E-state index in [0.717, 1.165) is 36.6 Å². The van der Waals surface area contributed by atoms with Gasteiger partial charge in [0, 0.05) is 30.4 Å². The highest BCUT2D eigenvalue weighted by Gasteiger charge is 2.27. The maximum Gasteiger partial charge on any atom is 0.225 e. The van der Waals surface area contributed by atoms with Crippen molar-refractivity contribution in [1.82, 2.24) is 24.5 Å². The van der Waals surface area contributed by atoms with Crippen LogP contribution in [0.5, 0.6) is 11.5 Å². The quantitative estimate of drug-likeness (QED) is 0.723. The molecule has 1 aromatic carbocycles. The fourth-order valence-electron chi connectivity index (χ4n) is 3.81. The predicted molar refractivity (Wildman–Crippen MR) is 98.5 cm³/mol. The van der Waals surface area contributed by atoms with Crippen LogP contribution in [0.15, 0.2) is 30.5 Å². The topological polar surface area (TPSA) is 110 Å². The zero-order valence-electron chi connectivity index (χ0n) is 15.2. The lowest BCUT2D eigenvalue weighted by Crippen LogP contribution is -2.21. The molecule has 0 spiro atoms. The average Bonchev–Trinajstić information content (AvgIpc) is 3.33. The largest absolute Gasteiger partial charge is 0.486 e. The van der Waals surface area contributed by atoms with Gasteiger partial charge in [0.2, 0.25) is 5.91 Å². The Morgan fingerprint density at radius 3 is 2.93 bits per heavy atom. The van der Waals surface area contributed by atoms with Crippen molar-refractivity contribution in [3.63, 3.8) is 0 Å². The molecule has 5 rings (SSSR count). The summed E-state index contributed by atoms with van der Waals surface area (Å²) in [6.07, 6.45) is 3.55. The van der Waals surface area contributed by atoms with Gasteiger partial charge in [-0.15, -0.1) is 0 Å². The first-order valence-electron chi connectivity index (χ1n) is 9.32. The van der Waals surface area contributed by atoms with E-state index in [2.05, 4.69) is 15.2 Å². The highest BCUT2D eigenvalue weighted by molar-refractivity contribution is 5.75. The lowest BCUT2D eigenvalue weighted by atomic mass is 9.95.